The van der Waals surface area contributed by atoms with Crippen molar-refractivity contribution in [3.05, 3.63) is 76.7 Å². The van der Waals surface area contributed by atoms with Gasteiger partial charge < -0.3 is 15.5 Å². The lowest BCUT2D eigenvalue weighted by atomic mass is 10.0. The van der Waals surface area contributed by atoms with E-state index in [1.165, 1.54) is 16.7 Å². The summed E-state index contributed by atoms with van der Waals surface area (Å²) < 4.78 is 17.6. The van der Waals surface area contributed by atoms with E-state index in [-0.39, 0.29) is 35.0 Å². The number of carbonyl (C=O) groups excluding carboxylic acids is 1. The van der Waals surface area contributed by atoms with Gasteiger partial charge in [-0.15, -0.1) is 0 Å². The van der Waals surface area contributed by atoms with Crippen LogP contribution in [0.25, 0.3) is 38.9 Å². The van der Waals surface area contributed by atoms with E-state index in [0.717, 1.165) is 5.56 Å². The van der Waals surface area contributed by atoms with Crippen LogP contribution in [0, 0.1) is 12.7 Å². The average Bonchev–Trinajstić information content (AvgIpc) is 3.37. The van der Waals surface area contributed by atoms with Crippen molar-refractivity contribution in [2.45, 2.75) is 39.7 Å². The van der Waals surface area contributed by atoms with Crippen molar-refractivity contribution in [1.82, 2.24) is 34.6 Å². The molecule has 11 nitrogen and oxygen atoms in total. The molecule has 0 spiro atoms. The van der Waals surface area contributed by atoms with Crippen LogP contribution < -0.4 is 16.3 Å². The first-order valence-corrected chi connectivity index (χ1v) is 14.1. The highest BCUT2D eigenvalue weighted by Gasteiger charge is 2.31. The molecule has 1 aromatic carbocycles. The van der Waals surface area contributed by atoms with Gasteiger partial charge in [-0.1, -0.05) is 32.6 Å². The number of H-pyrrole nitrogens is 1. The number of rotatable bonds is 5. The molecule has 3 N–H and O–H groups in total. The highest BCUT2D eigenvalue weighted by atomic mass is 19.1. The minimum absolute atomic E-state index is 0.0218. The molecule has 0 radical (unpaired) electrons. The maximum absolute atomic E-state index is 16.2. The number of benzene rings is 1. The highest BCUT2D eigenvalue weighted by Crippen LogP contribution is 2.36. The van der Waals surface area contributed by atoms with Gasteiger partial charge >= 0.3 is 5.69 Å². The Hall–Kier alpha value is -5.13. The zero-order chi connectivity index (χ0) is 30.6. The molecule has 1 saturated heterocycles. The summed E-state index contributed by atoms with van der Waals surface area (Å²) in [5.41, 5.74) is 9.00. The summed E-state index contributed by atoms with van der Waals surface area (Å²) in [6, 6.07) is 8.27. The molecule has 0 saturated carbocycles. The third-order valence-corrected chi connectivity index (χ3v) is 7.98. The zero-order valence-corrected chi connectivity index (χ0v) is 24.4. The number of aryl methyl sites for hydroxylation is 1. The van der Waals surface area contributed by atoms with Gasteiger partial charge in [-0.2, -0.15) is 10.1 Å². The number of piperazine rings is 1. The summed E-state index contributed by atoms with van der Waals surface area (Å²) in [5.74, 6) is -0.273. The number of anilines is 2. The maximum atomic E-state index is 16.2. The number of nitrogens with zero attached hydrogens (tertiary/aromatic N) is 7. The van der Waals surface area contributed by atoms with Gasteiger partial charge in [0.25, 0.3) is 0 Å². The minimum Gasteiger partial charge on any atom is -0.382 e. The van der Waals surface area contributed by atoms with Crippen LogP contribution >= 0.6 is 0 Å². The van der Waals surface area contributed by atoms with Gasteiger partial charge in [0.05, 0.1) is 27.7 Å². The van der Waals surface area contributed by atoms with Crippen molar-refractivity contribution >= 4 is 39.5 Å². The van der Waals surface area contributed by atoms with E-state index in [1.807, 2.05) is 38.7 Å². The van der Waals surface area contributed by atoms with E-state index < -0.39 is 11.5 Å². The van der Waals surface area contributed by atoms with Crippen molar-refractivity contribution in [3.63, 3.8) is 0 Å². The number of carbonyl (C=O) groups is 1. The molecule has 1 aliphatic heterocycles. The molecule has 12 heteroatoms. The second kappa shape index (κ2) is 10.6. The number of fused-ring (bicyclic) bond motifs is 2. The number of aromatic nitrogens is 6. The summed E-state index contributed by atoms with van der Waals surface area (Å²) >= 11 is 0. The summed E-state index contributed by atoms with van der Waals surface area (Å²) in [6.45, 7) is 12.6. The van der Waals surface area contributed by atoms with E-state index in [0.29, 0.717) is 58.7 Å². The van der Waals surface area contributed by atoms with Crippen LogP contribution in [0.1, 0.15) is 37.9 Å². The lowest BCUT2D eigenvalue weighted by molar-refractivity contribution is -0.126. The number of pyridine rings is 2. The van der Waals surface area contributed by atoms with E-state index in [9.17, 15) is 9.59 Å². The SMILES string of the molecule is C=CC(=O)N1CCN(c2nc(=O)n(-c3c(C)ccnc3C(C)C)c3nc(-c4cccc5[nH]nc(N)c45)c(F)cc23)[C@@H](C)C1. The molecule has 220 valence electrons. The molecular weight excluding hydrogens is 549 g/mol. The van der Waals surface area contributed by atoms with Crippen LogP contribution in [-0.2, 0) is 4.79 Å². The van der Waals surface area contributed by atoms with Crippen molar-refractivity contribution < 1.29 is 9.18 Å². The van der Waals surface area contributed by atoms with Gasteiger partial charge in [0, 0.05) is 37.4 Å². The number of hydrogen-bond acceptors (Lipinski definition) is 8. The Morgan fingerprint density at radius 2 is 2.02 bits per heavy atom. The standard InChI is InChI=1S/C31H32FN9O2/c1-6-23(42)39-12-13-40(18(5)15-39)29-20-14-21(32)26(19-8-7-9-22-24(19)28(33)38-37-22)35-30(20)41(31(43)36-29)27-17(4)10-11-34-25(27)16(2)3/h6-11,14,16,18H,1,12-13,15H2,2-5H3,(H3,33,37,38)/t18-/m0/s1. The smallest absolute Gasteiger partial charge is 0.355 e. The van der Waals surface area contributed by atoms with Crippen LogP contribution in [0.4, 0.5) is 16.0 Å². The highest BCUT2D eigenvalue weighted by molar-refractivity contribution is 6.02. The predicted octanol–water partition coefficient (Wildman–Crippen LogP) is 4.10. The number of halogens is 1. The number of nitrogen functional groups attached to an aromatic ring is 1. The van der Waals surface area contributed by atoms with Crippen LogP contribution in [0.3, 0.4) is 0 Å². The second-order valence-corrected chi connectivity index (χ2v) is 11.1. The quantitative estimate of drug-likeness (QED) is 0.296. The monoisotopic (exact) mass is 581 g/mol. The van der Waals surface area contributed by atoms with E-state index in [4.69, 9.17) is 10.7 Å². The molecule has 0 unspecified atom stereocenters. The van der Waals surface area contributed by atoms with Crippen LogP contribution in [-0.4, -0.2) is 66.2 Å². The second-order valence-electron chi connectivity index (χ2n) is 11.1. The van der Waals surface area contributed by atoms with Gasteiger partial charge in [0.2, 0.25) is 5.91 Å². The predicted molar refractivity (Wildman–Crippen MR) is 165 cm³/mol. The Kier molecular flexibility index (Phi) is 6.91. The Morgan fingerprint density at radius 3 is 2.74 bits per heavy atom. The number of nitrogens with one attached hydrogen (secondary N) is 1. The Labute approximate surface area is 246 Å². The Balaban J connectivity index is 1.66. The van der Waals surface area contributed by atoms with Gasteiger partial charge in [-0.3, -0.25) is 14.9 Å². The lowest BCUT2D eigenvalue weighted by Gasteiger charge is -2.40. The summed E-state index contributed by atoms with van der Waals surface area (Å²) in [5, 5.41) is 7.85. The lowest BCUT2D eigenvalue weighted by Crippen LogP contribution is -2.54. The molecule has 5 heterocycles. The fourth-order valence-corrected chi connectivity index (χ4v) is 5.90. The summed E-state index contributed by atoms with van der Waals surface area (Å²) in [7, 11) is 0. The van der Waals surface area contributed by atoms with Crippen molar-refractivity contribution in [2.24, 2.45) is 0 Å². The molecule has 0 aliphatic carbocycles. The molecule has 4 aromatic heterocycles. The average molecular weight is 582 g/mol. The molecule has 1 amide bonds. The molecule has 1 atom stereocenters. The van der Waals surface area contributed by atoms with Crippen molar-refractivity contribution in [2.75, 3.05) is 30.3 Å². The minimum atomic E-state index is -0.603. The zero-order valence-electron chi connectivity index (χ0n) is 24.4. The summed E-state index contributed by atoms with van der Waals surface area (Å²) in [6.07, 6.45) is 2.99. The fraction of sp³-hybridized carbons (Fsp3) is 0.290. The number of hydrogen-bond donors (Lipinski definition) is 2. The fourth-order valence-electron chi connectivity index (χ4n) is 5.90. The van der Waals surface area contributed by atoms with Crippen LogP contribution in [0.15, 0.2) is 54.0 Å². The normalized spacial score (nSPS) is 15.5. The molecule has 6 rings (SSSR count). The van der Waals surface area contributed by atoms with Gasteiger partial charge in [0.1, 0.15) is 17.3 Å². The Bertz CT molecular complexity index is 1980. The van der Waals surface area contributed by atoms with Gasteiger partial charge in [-0.05, 0) is 49.6 Å². The first kappa shape index (κ1) is 28.0. The maximum Gasteiger partial charge on any atom is 0.355 e. The number of nitrogens with two attached hydrogens (primary N) is 1. The first-order valence-electron chi connectivity index (χ1n) is 14.1. The molecular formula is C31H32FN9O2. The molecule has 1 aliphatic rings. The third kappa shape index (κ3) is 4.59. The van der Waals surface area contributed by atoms with E-state index in [1.54, 1.807) is 29.3 Å². The molecule has 1 fully saturated rings. The van der Waals surface area contributed by atoms with Crippen molar-refractivity contribution in [3.8, 4) is 16.9 Å². The third-order valence-electron chi connectivity index (χ3n) is 7.98. The van der Waals surface area contributed by atoms with Crippen molar-refractivity contribution in [1.29, 1.82) is 0 Å². The molecule has 43 heavy (non-hydrogen) atoms. The number of amides is 1. The first-order chi connectivity index (χ1) is 20.6. The van der Waals surface area contributed by atoms with Crippen LogP contribution in [0.2, 0.25) is 0 Å². The largest absolute Gasteiger partial charge is 0.382 e. The van der Waals surface area contributed by atoms with E-state index >= 15 is 4.39 Å². The topological polar surface area (TPSA) is 139 Å². The number of aromatic amines is 1. The van der Waals surface area contributed by atoms with E-state index in [2.05, 4.69) is 26.7 Å². The Morgan fingerprint density at radius 1 is 1.23 bits per heavy atom. The summed E-state index contributed by atoms with van der Waals surface area (Å²) in [4.78, 5) is 43.9. The van der Waals surface area contributed by atoms with Gasteiger partial charge in [0.15, 0.2) is 11.5 Å². The molecule has 0 bridgehead atoms. The van der Waals surface area contributed by atoms with Gasteiger partial charge in [-0.25, -0.2) is 18.7 Å². The van der Waals surface area contributed by atoms with Crippen LogP contribution in [0.5, 0.6) is 0 Å². The molecule has 5 aromatic rings.